The van der Waals surface area contributed by atoms with E-state index in [1.807, 2.05) is 0 Å². The molecule has 0 heteroatoms. The summed E-state index contributed by atoms with van der Waals surface area (Å²) < 4.78 is 0. The molecule has 13 heavy (non-hydrogen) atoms. The predicted octanol–water partition coefficient (Wildman–Crippen LogP) is 3.93. The van der Waals surface area contributed by atoms with Crippen LogP contribution >= 0.6 is 0 Å². The van der Waals surface area contributed by atoms with Gasteiger partial charge in [-0.3, -0.25) is 0 Å². The zero-order chi connectivity index (χ0) is 9.26. The minimum atomic E-state index is 1.19. The predicted molar refractivity (Wildman–Crippen MR) is 57.5 cm³/mol. The molecule has 0 unspecified atom stereocenters. The molecule has 0 atom stereocenters. The molecule has 0 aromatic rings. The lowest BCUT2D eigenvalue weighted by molar-refractivity contribution is 0.924. The Kier molecular flexibility index (Phi) is 2.22. The van der Waals surface area contributed by atoms with E-state index in [-0.39, 0.29) is 0 Å². The molecular formula is C13H16. The van der Waals surface area contributed by atoms with E-state index >= 15 is 0 Å². The molecule has 0 fully saturated rings. The molecule has 0 radical (unpaired) electrons. The van der Waals surface area contributed by atoms with Gasteiger partial charge in [-0.05, 0) is 49.8 Å². The average Bonchev–Trinajstić information content (AvgIpc) is 2.55. The van der Waals surface area contributed by atoms with E-state index in [9.17, 15) is 0 Å². The molecule has 0 amide bonds. The van der Waals surface area contributed by atoms with Crippen molar-refractivity contribution in [2.45, 2.75) is 33.1 Å². The van der Waals surface area contributed by atoms with Crippen molar-refractivity contribution in [3.05, 3.63) is 46.6 Å². The number of hydrogen-bond acceptors (Lipinski definition) is 0. The van der Waals surface area contributed by atoms with Gasteiger partial charge in [0.25, 0.3) is 0 Å². The Morgan fingerprint density at radius 1 is 1.23 bits per heavy atom. The molecule has 2 aliphatic rings. The normalized spacial score (nSPS) is 27.5. The lowest BCUT2D eigenvalue weighted by atomic mass is 9.98. The van der Waals surface area contributed by atoms with Gasteiger partial charge >= 0.3 is 0 Å². The van der Waals surface area contributed by atoms with E-state index in [1.165, 1.54) is 36.0 Å². The topological polar surface area (TPSA) is 0 Å². The molecule has 2 rings (SSSR count). The minimum Gasteiger partial charge on any atom is -0.0836 e. The quantitative estimate of drug-likeness (QED) is 0.519. The van der Waals surface area contributed by atoms with Crippen molar-refractivity contribution in [3.63, 3.8) is 0 Å². The van der Waals surface area contributed by atoms with Gasteiger partial charge in [0.05, 0.1) is 0 Å². The van der Waals surface area contributed by atoms with E-state index in [4.69, 9.17) is 0 Å². The standard InChI is InChI=1S/C13H16/c1-3-10-9-11-7-5-6-8-13(11)12(10)4-2/h3-4,6,8H,5,7,9H2,1-2H3/b10-3-,12-4+. The fourth-order valence-corrected chi connectivity index (χ4v) is 2.27. The lowest BCUT2D eigenvalue weighted by Gasteiger charge is -2.07. The number of rotatable bonds is 0. The van der Waals surface area contributed by atoms with Gasteiger partial charge in [0.15, 0.2) is 0 Å². The summed E-state index contributed by atoms with van der Waals surface area (Å²) in [4.78, 5) is 0. The average molecular weight is 172 g/mol. The van der Waals surface area contributed by atoms with Crippen molar-refractivity contribution < 1.29 is 0 Å². The summed E-state index contributed by atoms with van der Waals surface area (Å²) in [5.74, 6) is 0. The van der Waals surface area contributed by atoms with Gasteiger partial charge in [-0.15, -0.1) is 0 Å². The van der Waals surface area contributed by atoms with Crippen LogP contribution < -0.4 is 0 Å². The summed E-state index contributed by atoms with van der Waals surface area (Å²) in [7, 11) is 0. The first-order chi connectivity index (χ1) is 6.36. The van der Waals surface area contributed by atoms with Crippen LogP contribution in [0.3, 0.4) is 0 Å². The molecule has 0 N–H and O–H groups in total. The van der Waals surface area contributed by atoms with E-state index in [1.54, 1.807) is 5.57 Å². The third kappa shape index (κ3) is 1.31. The summed E-state index contributed by atoms with van der Waals surface area (Å²) in [6, 6.07) is 0. The molecule has 0 heterocycles. The molecule has 0 saturated heterocycles. The van der Waals surface area contributed by atoms with Crippen LogP contribution in [0.4, 0.5) is 0 Å². The maximum absolute atomic E-state index is 2.30. The van der Waals surface area contributed by atoms with Gasteiger partial charge in [-0.2, -0.15) is 0 Å². The molecule has 0 saturated carbocycles. The first-order valence-electron chi connectivity index (χ1n) is 5.07. The second kappa shape index (κ2) is 3.37. The maximum Gasteiger partial charge on any atom is -0.00550 e. The number of hydrogen-bond donors (Lipinski definition) is 0. The van der Waals surface area contributed by atoms with Crippen molar-refractivity contribution in [2.75, 3.05) is 0 Å². The molecule has 0 aromatic carbocycles. The zero-order valence-electron chi connectivity index (χ0n) is 8.43. The fourth-order valence-electron chi connectivity index (χ4n) is 2.27. The van der Waals surface area contributed by atoms with Crippen LogP contribution in [0.5, 0.6) is 0 Å². The Labute approximate surface area is 80.3 Å². The van der Waals surface area contributed by atoms with Gasteiger partial charge in [0.1, 0.15) is 0 Å². The van der Waals surface area contributed by atoms with Crippen molar-refractivity contribution in [1.29, 1.82) is 0 Å². The van der Waals surface area contributed by atoms with Gasteiger partial charge < -0.3 is 0 Å². The van der Waals surface area contributed by atoms with Crippen LogP contribution in [0.2, 0.25) is 0 Å². The highest BCUT2D eigenvalue weighted by Crippen LogP contribution is 2.40. The van der Waals surface area contributed by atoms with Crippen LogP contribution in [0.15, 0.2) is 46.6 Å². The Bertz CT molecular complexity index is 335. The minimum absolute atomic E-state index is 1.19. The van der Waals surface area contributed by atoms with Crippen molar-refractivity contribution >= 4 is 0 Å². The van der Waals surface area contributed by atoms with Crippen molar-refractivity contribution in [1.82, 2.24) is 0 Å². The molecule has 0 bridgehead atoms. The largest absolute Gasteiger partial charge is 0.0836 e. The van der Waals surface area contributed by atoms with Gasteiger partial charge in [0, 0.05) is 0 Å². The summed E-state index contributed by atoms with van der Waals surface area (Å²) in [6.07, 6.45) is 12.8. The van der Waals surface area contributed by atoms with Crippen LogP contribution in [-0.4, -0.2) is 0 Å². The molecule has 68 valence electrons. The van der Waals surface area contributed by atoms with Crippen molar-refractivity contribution in [3.8, 4) is 0 Å². The highest BCUT2D eigenvalue weighted by atomic mass is 14.3. The van der Waals surface area contributed by atoms with Crippen LogP contribution in [0.25, 0.3) is 0 Å². The monoisotopic (exact) mass is 172 g/mol. The molecule has 0 aliphatic heterocycles. The zero-order valence-corrected chi connectivity index (χ0v) is 8.43. The second-order valence-electron chi connectivity index (χ2n) is 3.65. The first kappa shape index (κ1) is 8.55. The van der Waals surface area contributed by atoms with Gasteiger partial charge in [-0.1, -0.05) is 29.9 Å². The van der Waals surface area contributed by atoms with Gasteiger partial charge in [0.2, 0.25) is 0 Å². The van der Waals surface area contributed by atoms with E-state index in [0.717, 1.165) is 0 Å². The summed E-state index contributed by atoms with van der Waals surface area (Å²) in [5, 5.41) is 0. The lowest BCUT2D eigenvalue weighted by Crippen LogP contribution is -1.88. The molecule has 0 spiro atoms. The Hall–Kier alpha value is -1.04. The SMILES string of the molecule is C/C=C1/CC2=C(C=CCC2)/C1=C/C. The van der Waals surface area contributed by atoms with Gasteiger partial charge in [-0.25, -0.2) is 0 Å². The maximum atomic E-state index is 2.30. The Balaban J connectivity index is 2.43. The smallest absolute Gasteiger partial charge is 0.00550 e. The van der Waals surface area contributed by atoms with Crippen molar-refractivity contribution in [2.24, 2.45) is 0 Å². The molecular weight excluding hydrogens is 156 g/mol. The Morgan fingerprint density at radius 2 is 2.08 bits per heavy atom. The summed E-state index contributed by atoms with van der Waals surface area (Å²) in [6.45, 7) is 4.28. The molecule has 0 nitrogen and oxygen atoms in total. The highest BCUT2D eigenvalue weighted by molar-refractivity contribution is 5.61. The van der Waals surface area contributed by atoms with E-state index in [0.29, 0.717) is 0 Å². The van der Waals surface area contributed by atoms with Crippen LogP contribution in [-0.2, 0) is 0 Å². The fraction of sp³-hybridized carbons (Fsp3) is 0.385. The third-order valence-electron chi connectivity index (χ3n) is 2.96. The molecule has 2 aliphatic carbocycles. The Morgan fingerprint density at radius 3 is 2.77 bits per heavy atom. The van der Waals surface area contributed by atoms with Crippen LogP contribution in [0.1, 0.15) is 33.1 Å². The number of allylic oxidation sites excluding steroid dienone is 8. The molecule has 0 aromatic heterocycles. The summed E-state index contributed by atoms with van der Waals surface area (Å²) in [5.41, 5.74) is 6.12. The van der Waals surface area contributed by atoms with E-state index in [2.05, 4.69) is 38.2 Å². The summed E-state index contributed by atoms with van der Waals surface area (Å²) >= 11 is 0. The van der Waals surface area contributed by atoms with E-state index < -0.39 is 0 Å². The first-order valence-corrected chi connectivity index (χ1v) is 5.07. The highest BCUT2D eigenvalue weighted by Gasteiger charge is 2.22. The van der Waals surface area contributed by atoms with Crippen LogP contribution in [0, 0.1) is 0 Å². The second-order valence-corrected chi connectivity index (χ2v) is 3.65. The third-order valence-corrected chi connectivity index (χ3v) is 2.96.